The summed E-state index contributed by atoms with van der Waals surface area (Å²) in [6.45, 7) is 0.978. The second-order valence-electron chi connectivity index (χ2n) is 3.76. The van der Waals surface area contributed by atoms with E-state index < -0.39 is 0 Å². The molecule has 0 saturated carbocycles. The van der Waals surface area contributed by atoms with Crippen molar-refractivity contribution in [2.24, 2.45) is 0 Å². The molecule has 1 N–H and O–H groups in total. The summed E-state index contributed by atoms with van der Waals surface area (Å²) in [5.41, 5.74) is 2.58. The van der Waals surface area contributed by atoms with E-state index in [4.69, 9.17) is 0 Å². The SMILES string of the molecule is c1ccc2c(c1)NCC(c1ccncc1)S2. The molecular weight excluding hydrogens is 216 g/mol. The second-order valence-corrected chi connectivity index (χ2v) is 5.01. The third kappa shape index (κ3) is 1.78. The Morgan fingerprint density at radius 2 is 1.94 bits per heavy atom. The highest BCUT2D eigenvalue weighted by atomic mass is 32.2. The summed E-state index contributed by atoms with van der Waals surface area (Å²) in [5, 5.41) is 3.95. The van der Waals surface area contributed by atoms with Gasteiger partial charge in [-0.05, 0) is 29.8 Å². The molecule has 0 bridgehead atoms. The first kappa shape index (κ1) is 9.73. The Bertz CT molecular complexity index is 484. The first-order valence-electron chi connectivity index (χ1n) is 5.33. The van der Waals surface area contributed by atoms with E-state index in [0.717, 1.165) is 6.54 Å². The van der Waals surface area contributed by atoms with Crippen LogP contribution in [0.15, 0.2) is 53.7 Å². The second kappa shape index (κ2) is 4.18. The Hall–Kier alpha value is -1.48. The van der Waals surface area contributed by atoms with Gasteiger partial charge in [-0.15, -0.1) is 11.8 Å². The first-order chi connectivity index (χ1) is 7.93. The fourth-order valence-electron chi connectivity index (χ4n) is 1.88. The third-order valence-electron chi connectivity index (χ3n) is 2.71. The minimum Gasteiger partial charge on any atom is -0.383 e. The minimum atomic E-state index is 0.484. The predicted molar refractivity (Wildman–Crippen MR) is 67.8 cm³/mol. The summed E-state index contributed by atoms with van der Waals surface area (Å²) < 4.78 is 0. The van der Waals surface area contributed by atoms with Crippen LogP contribution >= 0.6 is 11.8 Å². The number of fused-ring (bicyclic) bond motifs is 1. The molecule has 80 valence electrons. The number of anilines is 1. The van der Waals surface area contributed by atoms with Crippen molar-refractivity contribution in [2.75, 3.05) is 11.9 Å². The Balaban J connectivity index is 1.89. The maximum Gasteiger partial charge on any atom is 0.0518 e. The maximum absolute atomic E-state index is 4.05. The fraction of sp³-hybridized carbons (Fsp3) is 0.154. The lowest BCUT2D eigenvalue weighted by Gasteiger charge is -2.25. The van der Waals surface area contributed by atoms with Crippen molar-refractivity contribution in [3.63, 3.8) is 0 Å². The van der Waals surface area contributed by atoms with Gasteiger partial charge in [-0.1, -0.05) is 12.1 Å². The van der Waals surface area contributed by atoms with E-state index in [1.807, 2.05) is 24.2 Å². The average molecular weight is 228 g/mol. The number of pyridine rings is 1. The summed E-state index contributed by atoms with van der Waals surface area (Å²) in [6, 6.07) is 12.6. The van der Waals surface area contributed by atoms with Crippen LogP contribution in [-0.4, -0.2) is 11.5 Å². The van der Waals surface area contributed by atoms with Crippen LogP contribution in [-0.2, 0) is 0 Å². The lowest BCUT2D eigenvalue weighted by atomic mass is 10.2. The number of thioether (sulfide) groups is 1. The number of nitrogens with one attached hydrogen (secondary N) is 1. The Labute approximate surface area is 99.1 Å². The van der Waals surface area contributed by atoms with Crippen LogP contribution in [0.25, 0.3) is 0 Å². The van der Waals surface area contributed by atoms with Gasteiger partial charge in [0.2, 0.25) is 0 Å². The molecule has 1 aromatic carbocycles. The van der Waals surface area contributed by atoms with Gasteiger partial charge < -0.3 is 5.32 Å². The van der Waals surface area contributed by atoms with Gasteiger partial charge in [-0.25, -0.2) is 0 Å². The summed E-state index contributed by atoms with van der Waals surface area (Å²) in [4.78, 5) is 5.38. The zero-order valence-electron chi connectivity index (χ0n) is 8.76. The summed E-state index contributed by atoms with van der Waals surface area (Å²) in [7, 11) is 0. The molecule has 1 aromatic heterocycles. The molecule has 0 aliphatic carbocycles. The highest BCUT2D eigenvalue weighted by Gasteiger charge is 2.19. The molecule has 2 heterocycles. The van der Waals surface area contributed by atoms with E-state index in [1.54, 1.807) is 0 Å². The van der Waals surface area contributed by atoms with Crippen LogP contribution < -0.4 is 5.32 Å². The number of para-hydroxylation sites is 1. The summed E-state index contributed by atoms with van der Waals surface area (Å²) >= 11 is 1.92. The number of nitrogens with zero attached hydrogens (tertiary/aromatic N) is 1. The molecule has 16 heavy (non-hydrogen) atoms. The molecule has 2 nitrogen and oxygen atoms in total. The van der Waals surface area contributed by atoms with E-state index in [1.165, 1.54) is 16.1 Å². The van der Waals surface area contributed by atoms with Crippen LogP contribution in [0.4, 0.5) is 5.69 Å². The quantitative estimate of drug-likeness (QED) is 0.810. The van der Waals surface area contributed by atoms with Crippen molar-refractivity contribution in [3.05, 3.63) is 54.4 Å². The molecule has 0 radical (unpaired) electrons. The number of hydrogen-bond donors (Lipinski definition) is 1. The zero-order valence-corrected chi connectivity index (χ0v) is 9.58. The lowest BCUT2D eigenvalue weighted by Crippen LogP contribution is -2.15. The molecule has 2 aromatic rings. The van der Waals surface area contributed by atoms with Gasteiger partial charge in [0.1, 0.15) is 0 Å². The van der Waals surface area contributed by atoms with Crippen molar-refractivity contribution < 1.29 is 0 Å². The van der Waals surface area contributed by atoms with Crippen molar-refractivity contribution in [1.29, 1.82) is 0 Å². The minimum absolute atomic E-state index is 0.484. The zero-order chi connectivity index (χ0) is 10.8. The number of rotatable bonds is 1. The van der Waals surface area contributed by atoms with Crippen LogP contribution in [0.3, 0.4) is 0 Å². The highest BCUT2D eigenvalue weighted by molar-refractivity contribution is 7.99. The number of hydrogen-bond acceptors (Lipinski definition) is 3. The van der Waals surface area contributed by atoms with Crippen LogP contribution in [0.1, 0.15) is 10.8 Å². The van der Waals surface area contributed by atoms with Crippen molar-refractivity contribution in [2.45, 2.75) is 10.1 Å². The van der Waals surface area contributed by atoms with Crippen molar-refractivity contribution in [3.8, 4) is 0 Å². The van der Waals surface area contributed by atoms with Crippen molar-refractivity contribution >= 4 is 17.4 Å². The standard InChI is InChI=1S/C13H12N2S/c1-2-4-12-11(3-1)15-9-13(16-12)10-5-7-14-8-6-10/h1-8,13,15H,9H2. The van der Waals surface area contributed by atoms with Gasteiger partial charge in [0.25, 0.3) is 0 Å². The van der Waals surface area contributed by atoms with E-state index in [2.05, 4.69) is 46.7 Å². The molecular formula is C13H12N2S. The number of benzene rings is 1. The Morgan fingerprint density at radius 1 is 1.12 bits per heavy atom. The topological polar surface area (TPSA) is 24.9 Å². The predicted octanol–water partition coefficient (Wildman–Crippen LogP) is 3.34. The molecule has 3 rings (SSSR count). The number of aromatic nitrogens is 1. The highest BCUT2D eigenvalue weighted by Crippen LogP contribution is 2.42. The fourth-order valence-corrected chi connectivity index (χ4v) is 3.07. The largest absolute Gasteiger partial charge is 0.383 e. The molecule has 0 fully saturated rings. The van der Waals surface area contributed by atoms with Gasteiger partial charge in [0.05, 0.1) is 5.25 Å². The summed E-state index contributed by atoms with van der Waals surface area (Å²) in [6.07, 6.45) is 3.72. The van der Waals surface area contributed by atoms with Gasteiger partial charge in [-0.3, -0.25) is 4.98 Å². The molecule has 1 atom stereocenters. The Kier molecular flexibility index (Phi) is 2.54. The van der Waals surface area contributed by atoms with E-state index in [9.17, 15) is 0 Å². The van der Waals surface area contributed by atoms with Crippen LogP contribution in [0.2, 0.25) is 0 Å². The van der Waals surface area contributed by atoms with E-state index in [0.29, 0.717) is 5.25 Å². The maximum atomic E-state index is 4.05. The van der Waals surface area contributed by atoms with Crippen LogP contribution in [0, 0.1) is 0 Å². The molecule has 1 aliphatic heterocycles. The van der Waals surface area contributed by atoms with Crippen molar-refractivity contribution in [1.82, 2.24) is 4.98 Å². The lowest BCUT2D eigenvalue weighted by molar-refractivity contribution is 0.959. The average Bonchev–Trinajstić information content (AvgIpc) is 2.39. The van der Waals surface area contributed by atoms with E-state index >= 15 is 0 Å². The molecule has 0 spiro atoms. The van der Waals surface area contributed by atoms with Gasteiger partial charge in [0.15, 0.2) is 0 Å². The monoisotopic (exact) mass is 228 g/mol. The molecule has 0 saturated heterocycles. The summed E-state index contributed by atoms with van der Waals surface area (Å²) in [5.74, 6) is 0. The molecule has 0 amide bonds. The third-order valence-corrected chi connectivity index (χ3v) is 4.05. The van der Waals surface area contributed by atoms with E-state index in [-0.39, 0.29) is 0 Å². The van der Waals surface area contributed by atoms with Gasteiger partial charge in [0, 0.05) is 29.5 Å². The van der Waals surface area contributed by atoms with Gasteiger partial charge in [-0.2, -0.15) is 0 Å². The molecule has 3 heteroatoms. The first-order valence-corrected chi connectivity index (χ1v) is 6.21. The molecule has 1 aliphatic rings. The molecule has 1 unspecified atom stereocenters. The smallest absolute Gasteiger partial charge is 0.0518 e. The van der Waals surface area contributed by atoms with Crippen LogP contribution in [0.5, 0.6) is 0 Å². The van der Waals surface area contributed by atoms with Gasteiger partial charge >= 0.3 is 0 Å². The normalized spacial score (nSPS) is 18.6. The Morgan fingerprint density at radius 3 is 2.81 bits per heavy atom.